The molecule has 144 valence electrons. The van der Waals surface area contributed by atoms with Crippen LogP contribution in [0.25, 0.3) is 16.6 Å². The molecule has 0 aliphatic carbocycles. The number of nitrogens with two attached hydrogens (primary N) is 1. The van der Waals surface area contributed by atoms with Gasteiger partial charge in [-0.2, -0.15) is 10.2 Å². The lowest BCUT2D eigenvalue weighted by molar-refractivity contribution is -0.137. The molecule has 0 aliphatic rings. The third-order valence-electron chi connectivity index (χ3n) is 3.80. The highest BCUT2D eigenvalue weighted by Crippen LogP contribution is 2.29. The molecule has 0 radical (unpaired) electrons. The minimum Gasteiger partial charge on any atom is -0.494 e. The monoisotopic (exact) mass is 382 g/mol. The van der Waals surface area contributed by atoms with Gasteiger partial charge in [-0.05, 0) is 12.1 Å². The van der Waals surface area contributed by atoms with Crippen molar-refractivity contribution in [1.82, 2.24) is 25.1 Å². The zero-order valence-corrected chi connectivity index (χ0v) is 15.0. The highest BCUT2D eigenvalue weighted by molar-refractivity contribution is 5.93. The fourth-order valence-corrected chi connectivity index (χ4v) is 2.63. The maximum Gasteiger partial charge on any atom is 0.325 e. The number of carboxylic acid groups (broad SMARTS) is 1. The zero-order valence-electron chi connectivity index (χ0n) is 15.0. The molecule has 0 saturated heterocycles. The number of aliphatic carboxylic acids is 1. The average molecular weight is 382 g/mol. The van der Waals surface area contributed by atoms with Crippen LogP contribution in [-0.4, -0.2) is 37.9 Å². The first-order valence-corrected chi connectivity index (χ1v) is 8.17. The smallest absolute Gasteiger partial charge is 0.325 e. The highest BCUT2D eigenvalue weighted by Gasteiger charge is 2.14. The molecule has 0 saturated carbocycles. The molecule has 0 atom stereocenters. The summed E-state index contributed by atoms with van der Waals surface area (Å²) in [6.45, 7) is 0.102. The fourth-order valence-electron chi connectivity index (χ4n) is 2.63. The third-order valence-corrected chi connectivity index (χ3v) is 3.80. The van der Waals surface area contributed by atoms with Crippen molar-refractivity contribution in [3.05, 3.63) is 48.1 Å². The summed E-state index contributed by atoms with van der Waals surface area (Å²) >= 11 is 0. The van der Waals surface area contributed by atoms with Crippen LogP contribution in [-0.2, 0) is 17.9 Å². The van der Waals surface area contributed by atoms with Gasteiger partial charge in [-0.3, -0.25) is 9.48 Å². The van der Waals surface area contributed by atoms with Gasteiger partial charge in [0.2, 0.25) is 5.95 Å². The molecule has 2 aromatic heterocycles. The summed E-state index contributed by atoms with van der Waals surface area (Å²) < 4.78 is 6.63. The summed E-state index contributed by atoms with van der Waals surface area (Å²) in [6.07, 6.45) is 3.10. The molecule has 0 spiro atoms. The largest absolute Gasteiger partial charge is 0.494 e. The molecular weight excluding hydrogens is 364 g/mol. The lowest BCUT2D eigenvalue weighted by Crippen LogP contribution is -2.11. The molecule has 5 N–H and O–H groups in total. The van der Waals surface area contributed by atoms with Gasteiger partial charge >= 0.3 is 5.97 Å². The Bertz CT molecular complexity index is 1060. The van der Waals surface area contributed by atoms with Gasteiger partial charge < -0.3 is 20.9 Å². The van der Waals surface area contributed by atoms with Gasteiger partial charge in [0.1, 0.15) is 29.2 Å². The first-order chi connectivity index (χ1) is 13.5. The number of nitrogens with one attached hydrogen (secondary N) is 2. The molecule has 0 bridgehead atoms. The molecule has 0 amide bonds. The molecule has 11 heteroatoms. The summed E-state index contributed by atoms with van der Waals surface area (Å²) in [5.74, 6) is -0.399. The van der Waals surface area contributed by atoms with Gasteiger partial charge in [0.25, 0.3) is 0 Å². The molecule has 3 aromatic rings. The van der Waals surface area contributed by atoms with Crippen molar-refractivity contribution < 1.29 is 14.6 Å². The topological polar surface area (TPSA) is 164 Å². The number of rotatable bonds is 8. The Balaban J connectivity index is 1.86. The Kier molecular flexibility index (Phi) is 5.44. The number of carbonyl (C=O) groups is 1. The molecule has 0 fully saturated rings. The second-order valence-electron chi connectivity index (χ2n) is 5.71. The first kappa shape index (κ1) is 18.8. The van der Waals surface area contributed by atoms with E-state index in [-0.39, 0.29) is 18.2 Å². The number of ether oxygens (including phenoxy) is 1. The van der Waals surface area contributed by atoms with Gasteiger partial charge in [-0.25, -0.2) is 15.5 Å². The van der Waals surface area contributed by atoms with Crippen molar-refractivity contribution in [2.24, 2.45) is 5.11 Å². The van der Waals surface area contributed by atoms with Crippen LogP contribution in [0.2, 0.25) is 0 Å². The van der Waals surface area contributed by atoms with Crippen molar-refractivity contribution in [1.29, 1.82) is 5.53 Å². The summed E-state index contributed by atoms with van der Waals surface area (Å²) in [5.41, 5.74) is 15.1. The zero-order chi connectivity index (χ0) is 20.1. The summed E-state index contributed by atoms with van der Waals surface area (Å²) in [7, 11) is 1.53. The Hall–Kier alpha value is -4.02. The maximum atomic E-state index is 10.7. The van der Waals surface area contributed by atoms with Gasteiger partial charge in [-0.15, -0.1) is 0 Å². The van der Waals surface area contributed by atoms with Crippen LogP contribution in [0.4, 0.5) is 5.95 Å². The van der Waals surface area contributed by atoms with Gasteiger partial charge in [0, 0.05) is 17.8 Å². The van der Waals surface area contributed by atoms with E-state index in [0.717, 1.165) is 0 Å². The quantitative estimate of drug-likeness (QED) is 0.427. The van der Waals surface area contributed by atoms with E-state index in [1.54, 1.807) is 30.5 Å². The van der Waals surface area contributed by atoms with E-state index in [1.165, 1.54) is 18.0 Å². The lowest BCUT2D eigenvalue weighted by atomic mass is 10.1. The minimum atomic E-state index is -0.971. The molecule has 28 heavy (non-hydrogen) atoms. The molecule has 11 nitrogen and oxygen atoms in total. The predicted molar refractivity (Wildman–Crippen MR) is 100 cm³/mol. The minimum absolute atomic E-state index is 0.0361. The highest BCUT2D eigenvalue weighted by atomic mass is 16.5. The van der Waals surface area contributed by atoms with Gasteiger partial charge in [0.15, 0.2) is 0 Å². The normalized spacial score (nSPS) is 11.4. The number of hydrogen-bond acceptors (Lipinski definition) is 9. The Morgan fingerprint density at radius 3 is 2.96 bits per heavy atom. The van der Waals surface area contributed by atoms with Crippen LogP contribution >= 0.6 is 0 Å². The Labute approximate surface area is 159 Å². The molecule has 1 aromatic carbocycles. The SMILES string of the molecule is COc1cccc2c(/C(=C/NCc3ccn(CC(=O)O)n3)N=N)nc(N)nc12. The van der Waals surface area contributed by atoms with Crippen LogP contribution in [0.5, 0.6) is 5.75 Å². The number of fused-ring (bicyclic) bond motifs is 1. The van der Waals surface area contributed by atoms with Crippen molar-refractivity contribution in [3.8, 4) is 5.75 Å². The van der Waals surface area contributed by atoms with Crippen LogP contribution < -0.4 is 15.8 Å². The summed E-state index contributed by atoms with van der Waals surface area (Å²) in [4.78, 5) is 19.1. The van der Waals surface area contributed by atoms with Crippen LogP contribution in [0.3, 0.4) is 0 Å². The molecule has 3 rings (SSSR count). The van der Waals surface area contributed by atoms with E-state index >= 15 is 0 Å². The van der Waals surface area contributed by atoms with E-state index in [0.29, 0.717) is 34.6 Å². The number of benzene rings is 1. The van der Waals surface area contributed by atoms with Crippen LogP contribution in [0.15, 0.2) is 41.8 Å². The van der Waals surface area contributed by atoms with Crippen molar-refractivity contribution in [3.63, 3.8) is 0 Å². The van der Waals surface area contributed by atoms with Crippen molar-refractivity contribution in [2.45, 2.75) is 13.1 Å². The molecule has 0 unspecified atom stereocenters. The third kappa shape index (κ3) is 4.03. The van der Waals surface area contributed by atoms with E-state index in [2.05, 4.69) is 25.5 Å². The summed E-state index contributed by atoms with van der Waals surface area (Å²) in [5, 5.41) is 20.1. The number of carboxylic acids is 1. The molecule has 0 aliphatic heterocycles. The first-order valence-electron chi connectivity index (χ1n) is 8.17. The van der Waals surface area contributed by atoms with Crippen LogP contribution in [0.1, 0.15) is 11.4 Å². The second kappa shape index (κ2) is 8.12. The average Bonchev–Trinajstić information content (AvgIpc) is 3.10. The predicted octanol–water partition coefficient (Wildman–Crippen LogP) is 1.62. The number of para-hydroxylation sites is 1. The maximum absolute atomic E-state index is 10.7. The van der Waals surface area contributed by atoms with Gasteiger partial charge in [0.05, 0.1) is 19.3 Å². The van der Waals surface area contributed by atoms with Crippen LogP contribution in [0, 0.1) is 5.53 Å². The number of nitrogens with zero attached hydrogens (tertiary/aromatic N) is 5. The van der Waals surface area contributed by atoms with E-state index < -0.39 is 5.97 Å². The lowest BCUT2D eigenvalue weighted by Gasteiger charge is -2.09. The standard InChI is InChI=1S/C17H18N8O3/c1-28-13-4-2-3-11-15(21-17(18)22-16(11)13)12(23-19)8-20-7-10-5-6-25(24-10)9-14(26)27/h2-6,8,19-20H,7,9H2,1H3,(H,26,27)(H2,18,21,22)/b12-8-,23-19?. The van der Waals surface area contributed by atoms with Crippen molar-refractivity contribution in [2.75, 3.05) is 12.8 Å². The number of methoxy groups -OCH3 is 1. The van der Waals surface area contributed by atoms with E-state index in [1.807, 2.05) is 0 Å². The number of anilines is 1. The summed E-state index contributed by atoms with van der Waals surface area (Å²) in [6, 6.07) is 7.03. The second-order valence-corrected chi connectivity index (χ2v) is 5.71. The Morgan fingerprint density at radius 1 is 1.43 bits per heavy atom. The number of aromatic nitrogens is 4. The van der Waals surface area contributed by atoms with Gasteiger partial charge in [-0.1, -0.05) is 12.1 Å². The number of hydrogen-bond donors (Lipinski definition) is 4. The molecular formula is C17H18N8O3. The van der Waals surface area contributed by atoms with E-state index in [4.69, 9.17) is 21.1 Å². The number of nitrogen functional groups attached to an aromatic ring is 1. The van der Waals surface area contributed by atoms with Crippen molar-refractivity contribution >= 4 is 28.5 Å². The fraction of sp³-hybridized carbons (Fsp3) is 0.176. The molecule has 2 heterocycles. The van der Waals surface area contributed by atoms with E-state index in [9.17, 15) is 4.79 Å². The Morgan fingerprint density at radius 2 is 2.25 bits per heavy atom.